The molecule has 1 aliphatic rings. The number of benzene rings is 1. The van der Waals surface area contributed by atoms with Crippen LogP contribution in [0.1, 0.15) is 30.0 Å². The molecule has 4 rings (SSSR count). The van der Waals surface area contributed by atoms with Crippen molar-refractivity contribution in [3.63, 3.8) is 0 Å². The summed E-state index contributed by atoms with van der Waals surface area (Å²) in [6, 6.07) is 7.71. The topological polar surface area (TPSA) is 99.4 Å². The Balaban J connectivity index is 1.86. The summed E-state index contributed by atoms with van der Waals surface area (Å²) >= 11 is 0. The number of ether oxygens (including phenoxy) is 1. The molecule has 1 aliphatic heterocycles. The summed E-state index contributed by atoms with van der Waals surface area (Å²) in [5.41, 5.74) is -3.13. The van der Waals surface area contributed by atoms with E-state index in [1.54, 1.807) is 13.2 Å². The Bertz CT molecular complexity index is 1290. The maximum atomic E-state index is 13.1. The zero-order valence-electron chi connectivity index (χ0n) is 18.6. The number of alkyl halides is 3. The van der Waals surface area contributed by atoms with Gasteiger partial charge in [0.15, 0.2) is 0 Å². The van der Waals surface area contributed by atoms with Crippen molar-refractivity contribution in [2.45, 2.75) is 31.3 Å². The molecule has 1 atom stereocenters. The molecule has 9 nitrogen and oxygen atoms in total. The van der Waals surface area contributed by atoms with E-state index >= 15 is 0 Å². The molecular weight excluding hydrogens is 475 g/mol. The average Bonchev–Trinajstić information content (AvgIpc) is 3.42. The maximum absolute atomic E-state index is 13.1. The van der Waals surface area contributed by atoms with Crippen molar-refractivity contribution in [2.75, 3.05) is 18.6 Å². The minimum atomic E-state index is -6.00. The highest BCUT2D eigenvalue weighted by Gasteiger charge is 2.49. The van der Waals surface area contributed by atoms with Crippen LogP contribution < -0.4 is 13.8 Å². The summed E-state index contributed by atoms with van der Waals surface area (Å²) in [6.45, 7) is 2.48. The second-order valence-corrected chi connectivity index (χ2v) is 9.40. The Morgan fingerprint density at radius 2 is 1.85 bits per heavy atom. The summed E-state index contributed by atoms with van der Waals surface area (Å²) in [7, 11) is -3.18. The normalized spacial score (nSPS) is 16.6. The van der Waals surface area contributed by atoms with E-state index in [4.69, 9.17) is 4.74 Å². The summed E-state index contributed by atoms with van der Waals surface area (Å²) in [5.74, 6) is -1.18. The number of aryl methyl sites for hydroxylation is 2. The third-order valence-corrected chi connectivity index (χ3v) is 6.39. The van der Waals surface area contributed by atoms with Crippen molar-refractivity contribution in [1.29, 1.82) is 0 Å². The van der Waals surface area contributed by atoms with Crippen LogP contribution in [0.25, 0.3) is 11.3 Å². The van der Waals surface area contributed by atoms with Crippen molar-refractivity contribution in [3.8, 4) is 22.9 Å². The van der Waals surface area contributed by atoms with Gasteiger partial charge >= 0.3 is 15.6 Å². The lowest BCUT2D eigenvalue weighted by molar-refractivity contribution is -0.0501. The smallest absolute Gasteiger partial charge is 0.490 e. The van der Waals surface area contributed by atoms with Crippen molar-refractivity contribution >= 4 is 16.1 Å². The van der Waals surface area contributed by atoms with Gasteiger partial charge in [-0.2, -0.15) is 31.7 Å². The SMILES string of the molecule is COc1c(OS(=O)(=O)C(F)(F)F)nc(N2CCC[C@H]2c2ccc(C)cc2)nc1-c1cnn(C)c1. The number of nitrogens with zero attached hydrogens (tertiary/aromatic N) is 5. The van der Waals surface area contributed by atoms with Crippen LogP contribution in [0.2, 0.25) is 0 Å². The molecule has 0 unspecified atom stereocenters. The van der Waals surface area contributed by atoms with Crippen LogP contribution >= 0.6 is 0 Å². The zero-order chi connectivity index (χ0) is 24.7. The van der Waals surface area contributed by atoms with E-state index in [-0.39, 0.29) is 23.4 Å². The molecule has 13 heteroatoms. The van der Waals surface area contributed by atoms with Crippen LogP contribution in [-0.4, -0.2) is 47.3 Å². The third kappa shape index (κ3) is 4.52. The second kappa shape index (κ2) is 8.78. The molecular formula is C21H22F3N5O4S. The van der Waals surface area contributed by atoms with Gasteiger partial charge in [0.2, 0.25) is 11.7 Å². The molecule has 1 saturated heterocycles. The number of rotatable bonds is 6. The van der Waals surface area contributed by atoms with Crippen molar-refractivity contribution in [1.82, 2.24) is 19.7 Å². The fourth-order valence-electron chi connectivity index (χ4n) is 3.82. The van der Waals surface area contributed by atoms with Gasteiger partial charge in [-0.15, -0.1) is 0 Å². The Morgan fingerprint density at radius 3 is 2.44 bits per heavy atom. The van der Waals surface area contributed by atoms with Gasteiger partial charge in [-0.25, -0.2) is 4.98 Å². The van der Waals surface area contributed by atoms with E-state index in [1.165, 1.54) is 10.9 Å². The summed E-state index contributed by atoms with van der Waals surface area (Å²) in [6.07, 6.45) is 4.54. The molecule has 0 N–H and O–H groups in total. The highest BCUT2D eigenvalue weighted by Crippen LogP contribution is 2.42. The highest BCUT2D eigenvalue weighted by molar-refractivity contribution is 7.88. The van der Waals surface area contributed by atoms with E-state index in [9.17, 15) is 21.6 Å². The van der Waals surface area contributed by atoms with E-state index in [1.807, 2.05) is 36.1 Å². The monoisotopic (exact) mass is 497 g/mol. The number of hydrogen-bond donors (Lipinski definition) is 0. The van der Waals surface area contributed by atoms with Gasteiger partial charge in [0.05, 0.1) is 19.3 Å². The molecule has 0 bridgehead atoms. The van der Waals surface area contributed by atoms with E-state index < -0.39 is 21.5 Å². The predicted molar refractivity (Wildman–Crippen MR) is 117 cm³/mol. The van der Waals surface area contributed by atoms with Crippen LogP contribution in [0, 0.1) is 6.92 Å². The fourth-order valence-corrected chi connectivity index (χ4v) is 4.23. The number of aromatic nitrogens is 4. The molecule has 3 heterocycles. The van der Waals surface area contributed by atoms with Crippen molar-refractivity contribution in [3.05, 3.63) is 47.8 Å². The first-order chi connectivity index (χ1) is 16.0. The van der Waals surface area contributed by atoms with Crippen LogP contribution in [0.5, 0.6) is 11.6 Å². The molecule has 3 aromatic rings. The van der Waals surface area contributed by atoms with Crippen LogP contribution in [0.4, 0.5) is 19.1 Å². The van der Waals surface area contributed by atoms with E-state index in [0.717, 1.165) is 31.1 Å². The van der Waals surface area contributed by atoms with Gasteiger partial charge in [0.25, 0.3) is 5.88 Å². The minimum Gasteiger partial charge on any atom is -0.490 e. The summed E-state index contributed by atoms with van der Waals surface area (Å²) < 4.78 is 73.9. The molecule has 0 radical (unpaired) electrons. The molecule has 0 aliphatic carbocycles. The summed E-state index contributed by atoms with van der Waals surface area (Å²) in [5, 5.41) is 4.06. The molecule has 34 heavy (non-hydrogen) atoms. The molecule has 182 valence electrons. The Morgan fingerprint density at radius 1 is 1.15 bits per heavy atom. The number of methoxy groups -OCH3 is 1. The maximum Gasteiger partial charge on any atom is 0.534 e. The van der Waals surface area contributed by atoms with Gasteiger partial charge in [-0.3, -0.25) is 4.68 Å². The van der Waals surface area contributed by atoms with Gasteiger partial charge in [0.1, 0.15) is 5.69 Å². The molecule has 0 spiro atoms. The molecule has 2 aromatic heterocycles. The fraction of sp³-hybridized carbons (Fsp3) is 0.381. The Kier molecular flexibility index (Phi) is 6.14. The van der Waals surface area contributed by atoms with E-state index in [0.29, 0.717) is 12.1 Å². The minimum absolute atomic E-state index is 0.0232. The number of halogens is 3. The lowest BCUT2D eigenvalue weighted by Crippen LogP contribution is -2.29. The Labute approximate surface area is 194 Å². The zero-order valence-corrected chi connectivity index (χ0v) is 19.4. The standard InChI is InChI=1S/C21H22F3N5O4S/c1-13-6-8-14(9-7-13)16-5-4-10-29(16)20-26-17(15-11-25-28(2)12-15)18(32-3)19(27-20)33-34(30,31)21(22,23)24/h6-9,11-12,16H,4-5,10H2,1-3H3/t16-/m0/s1. The lowest BCUT2D eigenvalue weighted by atomic mass is 10.0. The van der Waals surface area contributed by atoms with Gasteiger partial charge in [0, 0.05) is 25.4 Å². The quantitative estimate of drug-likeness (QED) is 0.375. The first-order valence-electron chi connectivity index (χ1n) is 10.3. The largest absolute Gasteiger partial charge is 0.534 e. The molecule has 0 amide bonds. The predicted octanol–water partition coefficient (Wildman–Crippen LogP) is 3.76. The summed E-state index contributed by atoms with van der Waals surface area (Å²) in [4.78, 5) is 10.4. The third-order valence-electron chi connectivity index (χ3n) is 5.45. The molecule has 0 saturated carbocycles. The second-order valence-electron chi connectivity index (χ2n) is 7.86. The Hall–Kier alpha value is -3.35. The van der Waals surface area contributed by atoms with Crippen LogP contribution in [0.15, 0.2) is 36.7 Å². The van der Waals surface area contributed by atoms with Crippen LogP contribution in [0.3, 0.4) is 0 Å². The molecule has 1 aromatic carbocycles. The van der Waals surface area contributed by atoms with Crippen molar-refractivity contribution < 1.29 is 30.5 Å². The van der Waals surface area contributed by atoms with Gasteiger partial charge in [-0.05, 0) is 25.3 Å². The highest BCUT2D eigenvalue weighted by atomic mass is 32.2. The van der Waals surface area contributed by atoms with Gasteiger partial charge < -0.3 is 13.8 Å². The lowest BCUT2D eigenvalue weighted by Gasteiger charge is -2.26. The van der Waals surface area contributed by atoms with Gasteiger partial charge in [-0.1, -0.05) is 29.8 Å². The number of hydrogen-bond acceptors (Lipinski definition) is 8. The molecule has 1 fully saturated rings. The first kappa shape index (κ1) is 23.8. The van der Waals surface area contributed by atoms with Crippen LogP contribution in [-0.2, 0) is 17.2 Å². The van der Waals surface area contributed by atoms with Crippen molar-refractivity contribution in [2.24, 2.45) is 7.05 Å². The first-order valence-corrected chi connectivity index (χ1v) is 11.7. The average molecular weight is 497 g/mol. The number of anilines is 1. The van der Waals surface area contributed by atoms with E-state index in [2.05, 4.69) is 19.2 Å².